The number of thiazole rings is 1. The van der Waals surface area contributed by atoms with Crippen LogP contribution in [0.2, 0.25) is 0 Å². The first-order chi connectivity index (χ1) is 10.6. The van der Waals surface area contributed by atoms with E-state index in [0.29, 0.717) is 24.6 Å². The van der Waals surface area contributed by atoms with Crippen molar-refractivity contribution in [2.24, 2.45) is 4.99 Å². The molecule has 1 aromatic carbocycles. The highest BCUT2D eigenvalue weighted by Gasteiger charge is 2.06. The third-order valence-electron chi connectivity index (χ3n) is 2.99. The molecule has 0 aliphatic heterocycles. The molecule has 0 unspecified atom stereocenters. The van der Waals surface area contributed by atoms with E-state index in [0.717, 1.165) is 10.8 Å². The number of aliphatic imine (C=N–C) groups is 1. The largest absolute Gasteiger partial charge is 0.354 e. The summed E-state index contributed by atoms with van der Waals surface area (Å²) in [4.78, 5) is 10.6. The van der Waals surface area contributed by atoms with Crippen molar-refractivity contribution in [3.63, 3.8) is 0 Å². The maximum atomic E-state index is 13.6. The monoisotopic (exact) mass is 449 g/mol. The van der Waals surface area contributed by atoms with Gasteiger partial charge in [0.25, 0.3) is 0 Å². The molecule has 5 nitrogen and oxygen atoms in total. The van der Waals surface area contributed by atoms with Gasteiger partial charge in [0.1, 0.15) is 5.82 Å². The van der Waals surface area contributed by atoms with Crippen LogP contribution in [0.15, 0.2) is 34.6 Å². The van der Waals surface area contributed by atoms with Crippen LogP contribution in [0.1, 0.15) is 11.3 Å². The number of nitrogens with one attached hydrogen (secondary N) is 2. The molecule has 1 heterocycles. The lowest BCUT2D eigenvalue weighted by atomic mass is 10.2. The molecule has 0 atom stereocenters. The molecule has 1 aromatic heterocycles. The normalized spacial score (nSPS) is 10.9. The van der Waals surface area contributed by atoms with Crippen LogP contribution in [0.25, 0.3) is 0 Å². The zero-order valence-electron chi connectivity index (χ0n) is 13.3. The molecule has 2 rings (SSSR count). The fourth-order valence-electron chi connectivity index (χ4n) is 1.80. The second-order valence-electron chi connectivity index (χ2n) is 4.89. The third-order valence-corrected chi connectivity index (χ3v) is 4.04. The predicted molar refractivity (Wildman–Crippen MR) is 105 cm³/mol. The highest BCUT2D eigenvalue weighted by molar-refractivity contribution is 14.0. The third kappa shape index (κ3) is 5.94. The van der Waals surface area contributed by atoms with E-state index in [1.54, 1.807) is 30.5 Å². The van der Waals surface area contributed by atoms with Crippen molar-refractivity contribution in [1.82, 2.24) is 15.6 Å². The van der Waals surface area contributed by atoms with Crippen LogP contribution < -0.4 is 15.5 Å². The zero-order chi connectivity index (χ0) is 15.9. The second kappa shape index (κ2) is 9.66. The van der Waals surface area contributed by atoms with Gasteiger partial charge in [-0.3, -0.25) is 4.99 Å². The Balaban J connectivity index is 0.00000264. The molecule has 2 aromatic rings. The summed E-state index contributed by atoms with van der Waals surface area (Å²) >= 11 is 1.59. The molecule has 0 fully saturated rings. The van der Waals surface area contributed by atoms with Crippen molar-refractivity contribution in [3.8, 4) is 0 Å². The first-order valence-corrected chi connectivity index (χ1v) is 7.77. The van der Waals surface area contributed by atoms with E-state index >= 15 is 0 Å². The van der Waals surface area contributed by atoms with Crippen LogP contribution in [-0.2, 0) is 13.1 Å². The van der Waals surface area contributed by atoms with Crippen LogP contribution in [0.4, 0.5) is 9.52 Å². The summed E-state index contributed by atoms with van der Waals surface area (Å²) in [5, 5.41) is 9.23. The Morgan fingerprint density at radius 1 is 1.26 bits per heavy atom. The molecule has 8 heteroatoms. The Bertz CT molecular complexity index is 644. The average molecular weight is 449 g/mol. The van der Waals surface area contributed by atoms with Crippen molar-refractivity contribution in [2.75, 3.05) is 26.0 Å². The molecule has 126 valence electrons. The molecule has 0 amide bonds. The van der Waals surface area contributed by atoms with Gasteiger partial charge in [-0.15, -0.1) is 35.3 Å². The SMILES string of the molecule is CN=C(NCc1csc(N(C)C)n1)NCc1ccccc1F.I. The van der Waals surface area contributed by atoms with E-state index < -0.39 is 0 Å². The molecule has 0 aliphatic carbocycles. The Morgan fingerprint density at radius 3 is 2.57 bits per heavy atom. The van der Waals surface area contributed by atoms with Gasteiger partial charge in [-0.2, -0.15) is 0 Å². The van der Waals surface area contributed by atoms with Crippen LogP contribution >= 0.6 is 35.3 Å². The van der Waals surface area contributed by atoms with Gasteiger partial charge in [0, 0.05) is 38.6 Å². The van der Waals surface area contributed by atoms with E-state index in [1.165, 1.54) is 6.07 Å². The summed E-state index contributed by atoms with van der Waals surface area (Å²) in [6, 6.07) is 6.69. The van der Waals surface area contributed by atoms with Crippen molar-refractivity contribution < 1.29 is 4.39 Å². The number of hydrogen-bond donors (Lipinski definition) is 2. The summed E-state index contributed by atoms with van der Waals surface area (Å²) < 4.78 is 13.6. The minimum absolute atomic E-state index is 0. The fraction of sp³-hybridized carbons (Fsp3) is 0.333. The maximum absolute atomic E-state index is 13.6. The summed E-state index contributed by atoms with van der Waals surface area (Å²) in [6.07, 6.45) is 0. The number of rotatable bonds is 5. The van der Waals surface area contributed by atoms with Gasteiger partial charge < -0.3 is 15.5 Å². The smallest absolute Gasteiger partial charge is 0.191 e. The topological polar surface area (TPSA) is 52.6 Å². The van der Waals surface area contributed by atoms with Gasteiger partial charge in [-0.1, -0.05) is 18.2 Å². The van der Waals surface area contributed by atoms with E-state index in [2.05, 4.69) is 20.6 Å². The molecule has 0 radical (unpaired) electrons. The van der Waals surface area contributed by atoms with Gasteiger partial charge in [0.2, 0.25) is 0 Å². The van der Waals surface area contributed by atoms with Crippen LogP contribution in [0.3, 0.4) is 0 Å². The fourth-order valence-corrected chi connectivity index (χ4v) is 2.56. The summed E-state index contributed by atoms with van der Waals surface area (Å²) in [6.45, 7) is 0.952. The maximum Gasteiger partial charge on any atom is 0.191 e. The molecule has 23 heavy (non-hydrogen) atoms. The minimum Gasteiger partial charge on any atom is -0.354 e. The lowest BCUT2D eigenvalue weighted by Gasteiger charge is -2.11. The predicted octanol–water partition coefficient (Wildman–Crippen LogP) is 2.83. The van der Waals surface area contributed by atoms with Crippen molar-refractivity contribution in [3.05, 3.63) is 46.7 Å². The van der Waals surface area contributed by atoms with Gasteiger partial charge in [-0.25, -0.2) is 9.37 Å². The minimum atomic E-state index is -0.222. The Kier molecular flexibility index (Phi) is 8.24. The van der Waals surface area contributed by atoms with Gasteiger partial charge >= 0.3 is 0 Å². The number of halogens is 2. The lowest BCUT2D eigenvalue weighted by molar-refractivity contribution is 0.604. The van der Waals surface area contributed by atoms with E-state index in [9.17, 15) is 4.39 Å². The van der Waals surface area contributed by atoms with E-state index in [4.69, 9.17) is 0 Å². The van der Waals surface area contributed by atoms with Crippen LogP contribution in [0, 0.1) is 5.82 Å². The number of nitrogens with zero attached hydrogens (tertiary/aromatic N) is 3. The Morgan fingerprint density at radius 2 is 1.96 bits per heavy atom. The van der Waals surface area contributed by atoms with Gasteiger partial charge in [-0.05, 0) is 6.07 Å². The molecular weight excluding hydrogens is 428 g/mol. The van der Waals surface area contributed by atoms with Gasteiger partial charge in [0.15, 0.2) is 11.1 Å². The lowest BCUT2D eigenvalue weighted by Crippen LogP contribution is -2.36. The molecule has 0 bridgehead atoms. The Hall–Kier alpha value is -1.42. The molecule has 0 spiro atoms. The first-order valence-electron chi connectivity index (χ1n) is 6.90. The number of benzene rings is 1. The molecule has 0 saturated heterocycles. The second-order valence-corrected chi connectivity index (χ2v) is 5.72. The van der Waals surface area contributed by atoms with Crippen LogP contribution in [0.5, 0.6) is 0 Å². The summed E-state index contributed by atoms with van der Waals surface area (Å²) in [7, 11) is 5.61. The summed E-state index contributed by atoms with van der Waals surface area (Å²) in [5.41, 5.74) is 1.55. The highest BCUT2D eigenvalue weighted by Crippen LogP contribution is 2.17. The Labute approximate surface area is 157 Å². The summed E-state index contributed by atoms with van der Waals surface area (Å²) in [5.74, 6) is 0.392. The van der Waals surface area contributed by atoms with E-state index in [-0.39, 0.29) is 29.8 Å². The average Bonchev–Trinajstić information content (AvgIpc) is 2.98. The molecule has 2 N–H and O–H groups in total. The van der Waals surface area contributed by atoms with Crippen molar-refractivity contribution in [1.29, 1.82) is 0 Å². The van der Waals surface area contributed by atoms with Gasteiger partial charge in [0.05, 0.1) is 12.2 Å². The molecular formula is C15H21FIN5S. The van der Waals surface area contributed by atoms with Crippen molar-refractivity contribution in [2.45, 2.75) is 13.1 Å². The highest BCUT2D eigenvalue weighted by atomic mass is 127. The number of hydrogen-bond acceptors (Lipinski definition) is 4. The van der Waals surface area contributed by atoms with Crippen molar-refractivity contribution >= 4 is 46.4 Å². The number of anilines is 1. The standard InChI is InChI=1S/C15H20FN5S.HI/c1-17-14(18-8-11-6-4-5-7-13(11)16)19-9-12-10-22-15(20-12)21(2)3;/h4-7,10H,8-9H2,1-3H3,(H2,17,18,19);1H. The zero-order valence-corrected chi connectivity index (χ0v) is 16.5. The first kappa shape index (κ1) is 19.6. The molecule has 0 aliphatic rings. The number of aromatic nitrogens is 1. The number of guanidine groups is 1. The van der Waals surface area contributed by atoms with E-state index in [1.807, 2.05) is 30.4 Å². The van der Waals surface area contributed by atoms with Crippen LogP contribution in [-0.4, -0.2) is 32.1 Å². The molecule has 0 saturated carbocycles. The quantitative estimate of drug-likeness (QED) is 0.419.